The molecule has 0 nitrogen and oxygen atoms in total. The van der Waals surface area contributed by atoms with E-state index in [2.05, 4.69) is 111 Å². The number of aryl methyl sites for hydroxylation is 2. The SMILES string of the molecule is CCCCc1ccc(-c2cccc(Sc3ccccc3)c2-c2ccc(CCCC)cc2)cc1. The fourth-order valence-corrected chi connectivity index (χ4v) is 5.24. The maximum absolute atomic E-state index is 2.31. The van der Waals surface area contributed by atoms with E-state index in [1.807, 2.05) is 11.8 Å². The van der Waals surface area contributed by atoms with E-state index in [1.165, 1.54) is 68.9 Å². The summed E-state index contributed by atoms with van der Waals surface area (Å²) in [6, 6.07) is 35.9. The lowest BCUT2D eigenvalue weighted by molar-refractivity contribution is 0.795. The monoisotopic (exact) mass is 450 g/mol. The second-order valence-electron chi connectivity index (χ2n) is 8.69. The summed E-state index contributed by atoms with van der Waals surface area (Å²) in [6.45, 7) is 4.51. The van der Waals surface area contributed by atoms with Crippen molar-refractivity contribution in [2.45, 2.75) is 62.2 Å². The third kappa shape index (κ3) is 6.18. The van der Waals surface area contributed by atoms with Crippen LogP contribution in [0.1, 0.15) is 50.7 Å². The third-order valence-corrected chi connectivity index (χ3v) is 7.21. The van der Waals surface area contributed by atoms with E-state index in [0.29, 0.717) is 0 Å². The van der Waals surface area contributed by atoms with Gasteiger partial charge in [0, 0.05) is 15.4 Å². The summed E-state index contributed by atoms with van der Waals surface area (Å²) >= 11 is 1.85. The van der Waals surface area contributed by atoms with Gasteiger partial charge < -0.3 is 0 Å². The van der Waals surface area contributed by atoms with Crippen LogP contribution in [-0.4, -0.2) is 0 Å². The molecule has 1 heteroatoms. The highest BCUT2D eigenvalue weighted by molar-refractivity contribution is 7.99. The second-order valence-corrected chi connectivity index (χ2v) is 9.81. The molecule has 0 aliphatic carbocycles. The molecule has 0 saturated carbocycles. The number of unbranched alkanes of at least 4 members (excludes halogenated alkanes) is 2. The normalized spacial score (nSPS) is 11.0. The van der Waals surface area contributed by atoms with E-state index in [1.54, 1.807) is 0 Å². The lowest BCUT2D eigenvalue weighted by Crippen LogP contribution is -1.91. The minimum atomic E-state index is 1.16. The average molecular weight is 451 g/mol. The van der Waals surface area contributed by atoms with E-state index in [9.17, 15) is 0 Å². The zero-order valence-electron chi connectivity index (χ0n) is 19.9. The quantitative estimate of drug-likeness (QED) is 0.232. The molecular weight excluding hydrogens is 416 g/mol. The smallest absolute Gasteiger partial charge is 0.0207 e. The van der Waals surface area contributed by atoms with Crippen LogP contribution in [0, 0.1) is 0 Å². The molecule has 0 spiro atoms. The molecule has 0 bridgehead atoms. The van der Waals surface area contributed by atoms with E-state index in [0.717, 1.165) is 12.8 Å². The number of hydrogen-bond donors (Lipinski definition) is 0. The number of rotatable bonds is 10. The molecule has 0 fully saturated rings. The van der Waals surface area contributed by atoms with Gasteiger partial charge in [0.25, 0.3) is 0 Å². The van der Waals surface area contributed by atoms with Crippen LogP contribution in [0.2, 0.25) is 0 Å². The molecule has 0 heterocycles. The van der Waals surface area contributed by atoms with Gasteiger partial charge in [0.15, 0.2) is 0 Å². The minimum Gasteiger partial charge on any atom is -0.0894 e. The summed E-state index contributed by atoms with van der Waals surface area (Å²) in [4.78, 5) is 2.57. The molecule has 0 saturated heterocycles. The molecule has 0 amide bonds. The van der Waals surface area contributed by atoms with Gasteiger partial charge in [-0.2, -0.15) is 0 Å². The van der Waals surface area contributed by atoms with Crippen molar-refractivity contribution in [1.29, 1.82) is 0 Å². The maximum Gasteiger partial charge on any atom is 0.0207 e. The van der Waals surface area contributed by atoms with Crippen molar-refractivity contribution >= 4 is 11.8 Å². The van der Waals surface area contributed by atoms with Crippen LogP contribution in [0.5, 0.6) is 0 Å². The molecule has 4 rings (SSSR count). The number of hydrogen-bond acceptors (Lipinski definition) is 1. The summed E-state index contributed by atoms with van der Waals surface area (Å²) in [5.41, 5.74) is 8.07. The molecule has 0 atom stereocenters. The molecule has 4 aromatic carbocycles. The largest absolute Gasteiger partial charge is 0.0894 e. The van der Waals surface area contributed by atoms with Gasteiger partial charge in [-0.05, 0) is 71.7 Å². The zero-order valence-corrected chi connectivity index (χ0v) is 20.7. The lowest BCUT2D eigenvalue weighted by Gasteiger charge is -2.16. The van der Waals surface area contributed by atoms with Gasteiger partial charge in [0.05, 0.1) is 0 Å². The first kappa shape index (κ1) is 23.4. The zero-order chi connectivity index (χ0) is 22.9. The van der Waals surface area contributed by atoms with Gasteiger partial charge in [-0.3, -0.25) is 0 Å². The van der Waals surface area contributed by atoms with E-state index in [-0.39, 0.29) is 0 Å². The Morgan fingerprint density at radius 3 is 1.70 bits per heavy atom. The lowest BCUT2D eigenvalue weighted by atomic mass is 9.92. The van der Waals surface area contributed by atoms with Gasteiger partial charge in [0.1, 0.15) is 0 Å². The average Bonchev–Trinajstić information content (AvgIpc) is 2.87. The van der Waals surface area contributed by atoms with Crippen molar-refractivity contribution in [2.75, 3.05) is 0 Å². The van der Waals surface area contributed by atoms with Gasteiger partial charge in [0.2, 0.25) is 0 Å². The van der Waals surface area contributed by atoms with E-state index < -0.39 is 0 Å². The first-order valence-electron chi connectivity index (χ1n) is 12.3. The van der Waals surface area contributed by atoms with Gasteiger partial charge in [-0.1, -0.05) is 117 Å². The molecular formula is C32H34S. The van der Waals surface area contributed by atoms with Crippen molar-refractivity contribution < 1.29 is 0 Å². The Balaban J connectivity index is 1.75. The highest BCUT2D eigenvalue weighted by Gasteiger charge is 2.14. The first-order chi connectivity index (χ1) is 16.3. The topological polar surface area (TPSA) is 0 Å². The highest BCUT2D eigenvalue weighted by atomic mass is 32.2. The first-order valence-corrected chi connectivity index (χ1v) is 13.1. The molecule has 0 N–H and O–H groups in total. The van der Waals surface area contributed by atoms with Crippen LogP contribution in [0.3, 0.4) is 0 Å². The predicted octanol–water partition coefficient (Wildman–Crippen LogP) is 9.86. The fourth-order valence-electron chi connectivity index (χ4n) is 4.22. The molecule has 168 valence electrons. The Bertz CT molecular complexity index is 1130. The van der Waals surface area contributed by atoms with E-state index >= 15 is 0 Å². The Kier molecular flexibility index (Phi) is 8.44. The Labute approximate surface area is 204 Å². The van der Waals surface area contributed by atoms with Crippen LogP contribution < -0.4 is 0 Å². The Morgan fingerprint density at radius 1 is 0.545 bits per heavy atom. The van der Waals surface area contributed by atoms with Crippen molar-refractivity contribution in [3.05, 3.63) is 108 Å². The van der Waals surface area contributed by atoms with Crippen LogP contribution in [0.4, 0.5) is 0 Å². The van der Waals surface area contributed by atoms with Gasteiger partial charge in [-0.15, -0.1) is 0 Å². The van der Waals surface area contributed by atoms with Crippen LogP contribution in [-0.2, 0) is 12.8 Å². The summed E-state index contributed by atoms with van der Waals surface area (Å²) < 4.78 is 0. The molecule has 0 aliphatic rings. The van der Waals surface area contributed by atoms with Crippen molar-refractivity contribution in [2.24, 2.45) is 0 Å². The molecule has 0 radical (unpaired) electrons. The number of benzene rings is 4. The molecule has 0 aromatic heterocycles. The van der Waals surface area contributed by atoms with Crippen molar-refractivity contribution in [1.82, 2.24) is 0 Å². The van der Waals surface area contributed by atoms with Crippen molar-refractivity contribution in [3.63, 3.8) is 0 Å². The Hall–Kier alpha value is -2.77. The van der Waals surface area contributed by atoms with Crippen LogP contribution >= 0.6 is 11.8 Å². The summed E-state index contributed by atoms with van der Waals surface area (Å²) in [7, 11) is 0. The minimum absolute atomic E-state index is 1.16. The standard InChI is InChI=1S/C32H34S/c1-3-5-11-25-17-21-27(22-18-25)30-15-10-16-31(33-29-13-8-7-9-14-29)32(30)28-23-19-26(20-24-28)12-6-4-2/h7-10,13-24H,3-6,11-12H2,1-2H3. The van der Waals surface area contributed by atoms with Crippen LogP contribution in [0.15, 0.2) is 107 Å². The molecule has 0 unspecified atom stereocenters. The van der Waals surface area contributed by atoms with Gasteiger partial charge in [-0.25, -0.2) is 0 Å². The van der Waals surface area contributed by atoms with Gasteiger partial charge >= 0.3 is 0 Å². The fraction of sp³-hybridized carbons (Fsp3) is 0.250. The highest BCUT2D eigenvalue weighted by Crippen LogP contribution is 2.42. The Morgan fingerprint density at radius 2 is 1.12 bits per heavy atom. The second kappa shape index (κ2) is 11.9. The summed E-state index contributed by atoms with van der Waals surface area (Å²) in [5.74, 6) is 0. The molecule has 0 aliphatic heterocycles. The summed E-state index contributed by atoms with van der Waals surface area (Å²) in [5, 5.41) is 0. The molecule has 4 aromatic rings. The predicted molar refractivity (Wildman–Crippen MR) is 145 cm³/mol. The summed E-state index contributed by atoms with van der Waals surface area (Å²) in [6.07, 6.45) is 7.28. The van der Waals surface area contributed by atoms with Crippen LogP contribution in [0.25, 0.3) is 22.3 Å². The van der Waals surface area contributed by atoms with Crippen molar-refractivity contribution in [3.8, 4) is 22.3 Å². The van der Waals surface area contributed by atoms with E-state index in [4.69, 9.17) is 0 Å². The maximum atomic E-state index is 2.31. The molecule has 33 heavy (non-hydrogen) atoms. The third-order valence-electron chi connectivity index (χ3n) is 6.14.